The topological polar surface area (TPSA) is 80.5 Å². The van der Waals surface area contributed by atoms with Crippen LogP contribution in [0.1, 0.15) is 29.5 Å². The third-order valence-electron chi connectivity index (χ3n) is 4.36. The second-order valence-corrected chi connectivity index (χ2v) is 8.35. The van der Waals surface area contributed by atoms with Crippen LogP contribution in [0, 0.1) is 13.8 Å². The fourth-order valence-corrected chi connectivity index (χ4v) is 4.65. The van der Waals surface area contributed by atoms with Crippen LogP contribution >= 0.6 is 0 Å². The predicted molar refractivity (Wildman–Crippen MR) is 90.6 cm³/mol. The highest BCUT2D eigenvalue weighted by Crippen LogP contribution is 2.32. The molecule has 1 amide bonds. The van der Waals surface area contributed by atoms with Gasteiger partial charge in [0.25, 0.3) is 0 Å². The van der Waals surface area contributed by atoms with E-state index in [0.29, 0.717) is 17.0 Å². The van der Waals surface area contributed by atoms with Gasteiger partial charge >= 0.3 is 0 Å². The van der Waals surface area contributed by atoms with Crippen LogP contribution in [0.3, 0.4) is 0 Å². The van der Waals surface area contributed by atoms with Crippen molar-refractivity contribution in [2.24, 2.45) is 0 Å². The molecule has 7 heteroatoms. The number of fused-ring (bicyclic) bond motifs is 1. The fourth-order valence-electron chi connectivity index (χ4n) is 3.18. The van der Waals surface area contributed by atoms with Crippen LogP contribution in [-0.2, 0) is 26.8 Å². The number of anilines is 1. The van der Waals surface area contributed by atoms with Gasteiger partial charge in [-0.1, -0.05) is 23.4 Å². The molecule has 0 fully saturated rings. The molecule has 0 spiro atoms. The summed E-state index contributed by atoms with van der Waals surface area (Å²) in [5, 5.41) is 3.76. The molecular weight excluding hydrogens is 328 g/mol. The molecule has 0 unspecified atom stereocenters. The highest BCUT2D eigenvalue weighted by molar-refractivity contribution is 7.91. The summed E-state index contributed by atoms with van der Waals surface area (Å²) in [6.07, 6.45) is 0.742. The molecule has 0 radical (unpaired) electrons. The Hall–Kier alpha value is -2.15. The van der Waals surface area contributed by atoms with E-state index in [-0.39, 0.29) is 17.7 Å². The number of para-hydroxylation sites is 1. The van der Waals surface area contributed by atoms with Gasteiger partial charge in [-0.05, 0) is 38.8 Å². The van der Waals surface area contributed by atoms with Gasteiger partial charge in [0.1, 0.15) is 11.5 Å². The number of nitrogens with zero attached hydrogens (tertiary/aromatic N) is 2. The summed E-state index contributed by atoms with van der Waals surface area (Å²) in [6.45, 7) is 5.30. The zero-order valence-electron chi connectivity index (χ0n) is 13.9. The lowest BCUT2D eigenvalue weighted by Crippen LogP contribution is -2.39. The minimum atomic E-state index is -3.60. The zero-order valence-corrected chi connectivity index (χ0v) is 14.8. The molecule has 0 saturated heterocycles. The van der Waals surface area contributed by atoms with Crippen LogP contribution < -0.4 is 4.90 Å². The summed E-state index contributed by atoms with van der Waals surface area (Å²) in [5.41, 5.74) is 2.96. The van der Waals surface area contributed by atoms with Crippen LogP contribution in [0.5, 0.6) is 0 Å². The Morgan fingerprint density at radius 3 is 2.71 bits per heavy atom. The predicted octanol–water partition coefficient (Wildman–Crippen LogP) is 2.18. The van der Waals surface area contributed by atoms with E-state index in [1.807, 2.05) is 31.2 Å². The number of aryl methyl sites for hydroxylation is 2. The van der Waals surface area contributed by atoms with Crippen LogP contribution in [0.15, 0.2) is 28.8 Å². The van der Waals surface area contributed by atoms with Gasteiger partial charge in [0.05, 0.1) is 11.4 Å². The SMILES string of the molecule is Cc1noc(C)c1CS(=O)(=O)CC(=O)N1c2ccccc2C[C@@H]1C. The maximum Gasteiger partial charge on any atom is 0.242 e. The molecular formula is C17H20N2O4S. The van der Waals surface area contributed by atoms with Gasteiger partial charge in [0.2, 0.25) is 5.91 Å². The molecule has 1 aliphatic heterocycles. The second-order valence-electron chi connectivity index (χ2n) is 6.28. The number of rotatable bonds is 4. The Balaban J connectivity index is 1.79. The highest BCUT2D eigenvalue weighted by Gasteiger charge is 2.33. The Morgan fingerprint density at radius 2 is 2.04 bits per heavy atom. The molecule has 128 valence electrons. The number of carbonyl (C=O) groups is 1. The first-order chi connectivity index (χ1) is 11.3. The Bertz CT molecular complexity index is 866. The number of carbonyl (C=O) groups excluding carboxylic acids is 1. The molecule has 0 aliphatic carbocycles. The van der Waals surface area contributed by atoms with Crippen molar-refractivity contribution in [1.29, 1.82) is 0 Å². The normalized spacial score (nSPS) is 17.1. The standard InChI is InChI=1S/C17H20N2O4S/c1-11-8-14-6-4-5-7-16(14)19(11)17(20)10-24(21,22)9-15-12(2)18-23-13(15)3/h4-7,11H,8-10H2,1-3H3/t11-/m0/s1. The van der Waals surface area contributed by atoms with E-state index in [4.69, 9.17) is 4.52 Å². The van der Waals surface area contributed by atoms with Crippen LogP contribution in [-0.4, -0.2) is 31.3 Å². The first kappa shape index (κ1) is 16.7. The smallest absolute Gasteiger partial charge is 0.242 e. The number of sulfone groups is 1. The quantitative estimate of drug-likeness (QED) is 0.846. The molecule has 3 rings (SSSR count). The van der Waals surface area contributed by atoms with Crippen molar-refractivity contribution in [1.82, 2.24) is 5.16 Å². The zero-order chi connectivity index (χ0) is 17.5. The van der Waals surface area contributed by atoms with Gasteiger partial charge < -0.3 is 9.42 Å². The van der Waals surface area contributed by atoms with Gasteiger partial charge in [-0.2, -0.15) is 0 Å². The van der Waals surface area contributed by atoms with E-state index in [9.17, 15) is 13.2 Å². The van der Waals surface area contributed by atoms with Gasteiger partial charge in [0, 0.05) is 17.3 Å². The minimum Gasteiger partial charge on any atom is -0.361 e. The number of aromatic nitrogens is 1. The number of amides is 1. The van der Waals surface area contributed by atoms with E-state index in [1.54, 1.807) is 18.7 Å². The van der Waals surface area contributed by atoms with Crippen molar-refractivity contribution >= 4 is 21.4 Å². The third kappa shape index (κ3) is 3.08. The lowest BCUT2D eigenvalue weighted by atomic mass is 10.1. The molecule has 1 aromatic carbocycles. The Labute approximate surface area is 141 Å². The highest BCUT2D eigenvalue weighted by atomic mass is 32.2. The lowest BCUT2D eigenvalue weighted by Gasteiger charge is -2.22. The van der Waals surface area contributed by atoms with Crippen LogP contribution in [0.2, 0.25) is 0 Å². The summed E-state index contributed by atoms with van der Waals surface area (Å²) in [5.74, 6) is -0.665. The van der Waals surface area contributed by atoms with Crippen molar-refractivity contribution in [2.45, 2.75) is 39.0 Å². The Kier molecular flexibility index (Phi) is 4.21. The van der Waals surface area contributed by atoms with Crippen molar-refractivity contribution in [3.05, 3.63) is 46.8 Å². The van der Waals surface area contributed by atoms with Gasteiger partial charge in [-0.3, -0.25) is 4.79 Å². The second kappa shape index (κ2) is 6.05. The summed E-state index contributed by atoms with van der Waals surface area (Å²) in [4.78, 5) is 14.2. The summed E-state index contributed by atoms with van der Waals surface area (Å²) in [6, 6.07) is 7.57. The average molecular weight is 348 g/mol. The molecule has 1 atom stereocenters. The number of hydrogen-bond donors (Lipinski definition) is 0. The van der Waals surface area contributed by atoms with E-state index in [1.165, 1.54) is 0 Å². The fraction of sp³-hybridized carbons (Fsp3) is 0.412. The average Bonchev–Trinajstić information content (AvgIpc) is 2.99. The van der Waals surface area contributed by atoms with E-state index < -0.39 is 15.6 Å². The van der Waals surface area contributed by atoms with Gasteiger partial charge in [-0.25, -0.2) is 8.42 Å². The van der Waals surface area contributed by atoms with E-state index in [0.717, 1.165) is 17.7 Å². The van der Waals surface area contributed by atoms with Crippen molar-refractivity contribution in [3.63, 3.8) is 0 Å². The molecule has 0 N–H and O–H groups in total. The number of hydrogen-bond acceptors (Lipinski definition) is 5. The van der Waals surface area contributed by atoms with E-state index in [2.05, 4.69) is 5.16 Å². The molecule has 2 heterocycles. The monoisotopic (exact) mass is 348 g/mol. The Morgan fingerprint density at radius 1 is 1.33 bits per heavy atom. The summed E-state index contributed by atoms with van der Waals surface area (Å²) in [7, 11) is -3.60. The molecule has 1 aromatic heterocycles. The first-order valence-corrected chi connectivity index (χ1v) is 9.63. The van der Waals surface area contributed by atoms with Crippen LogP contribution in [0.4, 0.5) is 5.69 Å². The third-order valence-corrected chi connectivity index (χ3v) is 5.78. The maximum atomic E-state index is 12.6. The molecule has 2 aromatic rings. The van der Waals surface area contributed by atoms with Gasteiger partial charge in [0.15, 0.2) is 9.84 Å². The first-order valence-electron chi connectivity index (χ1n) is 7.80. The maximum absolute atomic E-state index is 12.6. The molecule has 24 heavy (non-hydrogen) atoms. The molecule has 0 saturated carbocycles. The molecule has 6 nitrogen and oxygen atoms in total. The summed E-state index contributed by atoms with van der Waals surface area (Å²) >= 11 is 0. The van der Waals surface area contributed by atoms with Crippen molar-refractivity contribution < 1.29 is 17.7 Å². The molecule has 1 aliphatic rings. The summed E-state index contributed by atoms with van der Waals surface area (Å²) < 4.78 is 29.9. The largest absolute Gasteiger partial charge is 0.361 e. The molecule has 0 bridgehead atoms. The lowest BCUT2D eigenvalue weighted by molar-refractivity contribution is -0.116. The van der Waals surface area contributed by atoms with Gasteiger partial charge in [-0.15, -0.1) is 0 Å². The van der Waals surface area contributed by atoms with Crippen molar-refractivity contribution in [3.8, 4) is 0 Å². The minimum absolute atomic E-state index is 0.0378. The van der Waals surface area contributed by atoms with Crippen molar-refractivity contribution in [2.75, 3.05) is 10.7 Å². The van der Waals surface area contributed by atoms with Crippen LogP contribution in [0.25, 0.3) is 0 Å². The van der Waals surface area contributed by atoms with E-state index >= 15 is 0 Å². The number of benzene rings is 1.